The number of halogens is 3. The second kappa shape index (κ2) is 6.09. The van der Waals surface area contributed by atoms with Gasteiger partial charge in [-0.05, 0) is 56.2 Å². The molecule has 0 unspecified atom stereocenters. The lowest BCUT2D eigenvalue weighted by Gasteiger charge is -2.29. The lowest BCUT2D eigenvalue weighted by atomic mass is 9.79. The van der Waals surface area contributed by atoms with Crippen molar-refractivity contribution < 1.29 is 21.6 Å². The molecule has 1 aromatic rings. The van der Waals surface area contributed by atoms with Gasteiger partial charge >= 0.3 is 6.18 Å². The molecule has 0 radical (unpaired) electrons. The number of hydrogen-bond acceptors (Lipinski definition) is 2. The van der Waals surface area contributed by atoms with E-state index in [1.165, 1.54) is 6.07 Å². The summed E-state index contributed by atoms with van der Waals surface area (Å²) >= 11 is 0. The Morgan fingerprint density at radius 1 is 1.22 bits per heavy atom. The molecule has 2 rings (SSSR count). The molecule has 1 fully saturated rings. The van der Waals surface area contributed by atoms with Crippen molar-refractivity contribution in [2.75, 3.05) is 0 Å². The van der Waals surface area contributed by atoms with Gasteiger partial charge in [-0.25, -0.2) is 8.42 Å². The van der Waals surface area contributed by atoms with Crippen molar-refractivity contribution in [3.8, 4) is 0 Å². The van der Waals surface area contributed by atoms with E-state index in [0.717, 1.165) is 38.7 Å². The Morgan fingerprint density at radius 2 is 1.83 bits per heavy atom. The molecule has 0 aliphatic heterocycles. The zero-order chi connectivity index (χ0) is 17.5. The van der Waals surface area contributed by atoms with Gasteiger partial charge in [0.1, 0.15) is 5.54 Å². The zero-order valence-electron chi connectivity index (χ0n) is 13.5. The van der Waals surface area contributed by atoms with Crippen LogP contribution in [0.4, 0.5) is 13.2 Å². The smallest absolute Gasteiger partial charge is 0.207 e. The predicted octanol–water partition coefficient (Wildman–Crippen LogP) is 4.14. The first-order valence-electron chi connectivity index (χ1n) is 7.71. The standard InChI is InChI=1S/C16H22F3NO2S/c1-4-11-10-13(12-6-5-7-12)8-9-14(11)23(21,22)20-15(2,3)16(17,18)19/h8-10,12,20H,4-7H2,1-3H3. The van der Waals surface area contributed by atoms with Gasteiger partial charge in [0, 0.05) is 0 Å². The predicted molar refractivity (Wildman–Crippen MR) is 82.9 cm³/mol. The molecule has 7 heteroatoms. The van der Waals surface area contributed by atoms with Gasteiger partial charge in [0.05, 0.1) is 4.90 Å². The van der Waals surface area contributed by atoms with Crippen LogP contribution in [0.25, 0.3) is 0 Å². The summed E-state index contributed by atoms with van der Waals surface area (Å²) in [6.07, 6.45) is -0.904. The average Bonchev–Trinajstić information content (AvgIpc) is 2.33. The molecular formula is C16H22F3NO2S. The first-order chi connectivity index (χ1) is 10.5. The maximum absolute atomic E-state index is 13.0. The van der Waals surface area contributed by atoms with Crippen LogP contribution in [0, 0.1) is 0 Å². The molecule has 1 aliphatic carbocycles. The van der Waals surface area contributed by atoms with Crippen molar-refractivity contribution in [2.24, 2.45) is 0 Å². The molecule has 130 valence electrons. The summed E-state index contributed by atoms with van der Waals surface area (Å²) in [5, 5.41) is 0. The lowest BCUT2D eigenvalue weighted by molar-refractivity contribution is -0.180. The summed E-state index contributed by atoms with van der Waals surface area (Å²) < 4.78 is 65.5. The first kappa shape index (κ1) is 18.3. The van der Waals surface area contributed by atoms with Crippen molar-refractivity contribution in [3.63, 3.8) is 0 Å². The number of hydrogen-bond donors (Lipinski definition) is 1. The minimum atomic E-state index is -4.67. The minimum absolute atomic E-state index is 0.0691. The molecule has 0 bridgehead atoms. The van der Waals surface area contributed by atoms with Gasteiger partial charge in [0.15, 0.2) is 0 Å². The van der Waals surface area contributed by atoms with Crippen molar-refractivity contribution in [1.82, 2.24) is 4.72 Å². The van der Waals surface area contributed by atoms with Gasteiger partial charge in [-0.1, -0.05) is 25.5 Å². The Kier molecular flexibility index (Phi) is 4.84. The highest BCUT2D eigenvalue weighted by atomic mass is 32.2. The maximum atomic E-state index is 13.0. The quantitative estimate of drug-likeness (QED) is 0.868. The third kappa shape index (κ3) is 3.71. The highest BCUT2D eigenvalue weighted by Crippen LogP contribution is 2.38. The van der Waals surface area contributed by atoms with Crippen LogP contribution in [0.15, 0.2) is 23.1 Å². The third-order valence-corrected chi connectivity index (χ3v) is 6.19. The Hall–Kier alpha value is -1.08. The van der Waals surface area contributed by atoms with Crippen LogP contribution in [-0.4, -0.2) is 20.1 Å². The Morgan fingerprint density at radius 3 is 2.26 bits per heavy atom. The summed E-state index contributed by atoms with van der Waals surface area (Å²) in [5.41, 5.74) is -0.897. The van der Waals surface area contributed by atoms with Gasteiger partial charge in [-0.3, -0.25) is 0 Å². The fraction of sp³-hybridized carbons (Fsp3) is 0.625. The fourth-order valence-electron chi connectivity index (χ4n) is 2.58. The topological polar surface area (TPSA) is 46.2 Å². The van der Waals surface area contributed by atoms with Crippen molar-refractivity contribution >= 4 is 10.0 Å². The molecule has 0 heterocycles. The van der Waals surface area contributed by atoms with Crippen LogP contribution >= 0.6 is 0 Å². The Labute approximate surface area is 135 Å². The molecule has 0 spiro atoms. The molecule has 1 saturated carbocycles. The Bertz CT molecular complexity index is 677. The van der Waals surface area contributed by atoms with E-state index < -0.39 is 21.7 Å². The normalized spacial score (nSPS) is 17.1. The van der Waals surface area contributed by atoms with E-state index in [2.05, 4.69) is 0 Å². The first-order valence-corrected chi connectivity index (χ1v) is 9.20. The number of sulfonamides is 1. The van der Waals surface area contributed by atoms with E-state index in [0.29, 0.717) is 17.9 Å². The van der Waals surface area contributed by atoms with Crippen LogP contribution in [0.1, 0.15) is 57.1 Å². The van der Waals surface area contributed by atoms with Crippen LogP contribution in [0.3, 0.4) is 0 Å². The van der Waals surface area contributed by atoms with Crippen LogP contribution in [-0.2, 0) is 16.4 Å². The van der Waals surface area contributed by atoms with E-state index in [-0.39, 0.29) is 4.90 Å². The van der Waals surface area contributed by atoms with Gasteiger partial charge < -0.3 is 0 Å². The summed E-state index contributed by atoms with van der Waals surface area (Å²) in [7, 11) is -4.25. The number of nitrogens with one attached hydrogen (secondary N) is 1. The largest absolute Gasteiger partial charge is 0.407 e. The lowest BCUT2D eigenvalue weighted by Crippen LogP contribution is -2.54. The molecule has 0 saturated heterocycles. The summed E-state index contributed by atoms with van der Waals surface area (Å²) in [6, 6.07) is 4.97. The van der Waals surface area contributed by atoms with Crippen LogP contribution < -0.4 is 4.72 Å². The zero-order valence-corrected chi connectivity index (χ0v) is 14.3. The average molecular weight is 349 g/mol. The van der Waals surface area contributed by atoms with E-state index in [9.17, 15) is 21.6 Å². The van der Waals surface area contributed by atoms with Crippen LogP contribution in [0.2, 0.25) is 0 Å². The number of rotatable bonds is 5. The highest BCUT2D eigenvalue weighted by Gasteiger charge is 2.50. The van der Waals surface area contributed by atoms with E-state index in [4.69, 9.17) is 0 Å². The second-order valence-corrected chi connectivity index (χ2v) is 8.23. The number of benzene rings is 1. The molecule has 3 nitrogen and oxygen atoms in total. The maximum Gasteiger partial charge on any atom is 0.407 e. The van der Waals surface area contributed by atoms with Gasteiger partial charge in [0.2, 0.25) is 10.0 Å². The number of alkyl halides is 3. The molecule has 0 aromatic heterocycles. The molecule has 1 aliphatic rings. The summed E-state index contributed by atoms with van der Waals surface area (Å²) in [5.74, 6) is 0.441. The van der Waals surface area contributed by atoms with Gasteiger partial charge in [0.25, 0.3) is 0 Å². The van der Waals surface area contributed by atoms with Crippen molar-refractivity contribution in [3.05, 3.63) is 29.3 Å². The molecule has 0 amide bonds. The van der Waals surface area contributed by atoms with Gasteiger partial charge in [-0.15, -0.1) is 0 Å². The van der Waals surface area contributed by atoms with Crippen LogP contribution in [0.5, 0.6) is 0 Å². The molecule has 0 atom stereocenters. The molecule has 23 heavy (non-hydrogen) atoms. The van der Waals surface area contributed by atoms with Crippen molar-refractivity contribution in [2.45, 2.75) is 69.0 Å². The highest BCUT2D eigenvalue weighted by molar-refractivity contribution is 7.89. The second-order valence-electron chi connectivity index (χ2n) is 6.58. The molecule has 1 aromatic carbocycles. The fourth-order valence-corrected chi connectivity index (χ4v) is 4.28. The molecular weight excluding hydrogens is 327 g/mol. The number of aryl methyl sites for hydroxylation is 1. The Balaban J connectivity index is 2.36. The molecule has 1 N–H and O–H groups in total. The minimum Gasteiger partial charge on any atom is -0.207 e. The SMILES string of the molecule is CCc1cc(C2CCC2)ccc1S(=O)(=O)NC(C)(C)C(F)(F)F. The summed E-state index contributed by atoms with van der Waals surface area (Å²) in [6.45, 7) is 3.44. The van der Waals surface area contributed by atoms with Crippen molar-refractivity contribution in [1.29, 1.82) is 0 Å². The third-order valence-electron chi connectivity index (χ3n) is 4.43. The monoisotopic (exact) mass is 349 g/mol. The summed E-state index contributed by atoms with van der Waals surface area (Å²) in [4.78, 5) is -0.0691. The van der Waals surface area contributed by atoms with E-state index in [1.54, 1.807) is 17.7 Å². The van der Waals surface area contributed by atoms with Gasteiger partial charge in [-0.2, -0.15) is 17.9 Å². The van der Waals surface area contributed by atoms with E-state index >= 15 is 0 Å². The van der Waals surface area contributed by atoms with E-state index in [1.807, 2.05) is 6.07 Å².